The van der Waals surface area contributed by atoms with Crippen molar-refractivity contribution >= 4 is 17.8 Å². The Labute approximate surface area is 179 Å². The molecule has 0 spiro atoms. The fraction of sp³-hybridized carbons (Fsp3) is 0.842. The number of amides is 2. The number of ether oxygens (including phenoxy) is 1. The van der Waals surface area contributed by atoms with Crippen LogP contribution < -0.4 is 32.7 Å². The average molecular weight is 432 g/mol. The number of carbonyl (C=O) groups is 2. The van der Waals surface area contributed by atoms with Crippen molar-refractivity contribution in [1.29, 1.82) is 5.41 Å². The van der Waals surface area contributed by atoms with Crippen LogP contribution in [0.25, 0.3) is 0 Å². The first-order chi connectivity index (χ1) is 14.4. The zero-order chi connectivity index (χ0) is 22.6. The fourth-order valence-corrected chi connectivity index (χ4v) is 2.63. The van der Waals surface area contributed by atoms with Gasteiger partial charge in [0.1, 0.15) is 0 Å². The van der Waals surface area contributed by atoms with Gasteiger partial charge in [-0.05, 0) is 65.1 Å². The van der Waals surface area contributed by atoms with Gasteiger partial charge in [0.05, 0.1) is 12.5 Å². The summed E-state index contributed by atoms with van der Waals surface area (Å²) in [5.74, 6) is -0.928. The number of aliphatic hydroxyl groups excluding tert-OH is 1. The first-order valence-corrected chi connectivity index (χ1v) is 10.8. The number of nitrogens with one attached hydrogen (secondary N) is 5. The van der Waals surface area contributed by atoms with Gasteiger partial charge in [-0.15, -0.1) is 0 Å². The van der Waals surface area contributed by atoms with E-state index in [0.717, 1.165) is 38.8 Å². The molecule has 0 radical (unpaired) electrons. The van der Waals surface area contributed by atoms with E-state index in [-0.39, 0.29) is 19.0 Å². The van der Waals surface area contributed by atoms with Gasteiger partial charge in [-0.25, -0.2) is 0 Å². The van der Waals surface area contributed by atoms with Crippen LogP contribution in [-0.4, -0.2) is 74.5 Å². The molecule has 0 fully saturated rings. The van der Waals surface area contributed by atoms with Crippen LogP contribution in [0.15, 0.2) is 0 Å². The minimum absolute atomic E-state index is 0.0886. The quantitative estimate of drug-likeness (QED) is 0.0536. The molecule has 0 bridgehead atoms. The number of guanidine groups is 1. The number of aliphatic hydroxyl groups is 1. The lowest BCUT2D eigenvalue weighted by atomic mass is 10.1. The second-order valence-corrected chi connectivity index (χ2v) is 6.99. The van der Waals surface area contributed by atoms with Gasteiger partial charge in [0.2, 0.25) is 12.1 Å². The maximum Gasteiger partial charge on any atom is 0.270 e. The molecule has 11 nitrogen and oxygen atoms in total. The Hall–Kier alpha value is -1.95. The van der Waals surface area contributed by atoms with Gasteiger partial charge in [0.25, 0.3) is 5.91 Å². The largest absolute Gasteiger partial charge is 0.393 e. The lowest BCUT2D eigenvalue weighted by molar-refractivity contribution is -0.141. The predicted octanol–water partition coefficient (Wildman–Crippen LogP) is -1.30. The molecule has 30 heavy (non-hydrogen) atoms. The van der Waals surface area contributed by atoms with Crippen LogP contribution in [0.1, 0.15) is 51.9 Å². The molecule has 0 saturated carbocycles. The van der Waals surface area contributed by atoms with Gasteiger partial charge in [-0.2, -0.15) is 0 Å². The van der Waals surface area contributed by atoms with Crippen LogP contribution in [0.4, 0.5) is 0 Å². The third-order valence-electron chi connectivity index (χ3n) is 4.20. The molecule has 0 aliphatic heterocycles. The molecule has 0 rings (SSSR count). The Bertz CT molecular complexity index is 480. The van der Waals surface area contributed by atoms with E-state index in [1.165, 1.54) is 0 Å². The predicted molar refractivity (Wildman–Crippen MR) is 117 cm³/mol. The van der Waals surface area contributed by atoms with E-state index >= 15 is 0 Å². The van der Waals surface area contributed by atoms with E-state index < -0.39 is 24.1 Å². The van der Waals surface area contributed by atoms with Crippen LogP contribution in [-0.2, 0) is 14.3 Å². The zero-order valence-electron chi connectivity index (χ0n) is 18.2. The third kappa shape index (κ3) is 17.0. The SMILES string of the molecule is CCOC(NC(=O)CC(O)CCCCNC(=N)N)C(=O)NCCCCNCCCN. The van der Waals surface area contributed by atoms with Crippen molar-refractivity contribution in [3.05, 3.63) is 0 Å². The van der Waals surface area contributed by atoms with Crippen molar-refractivity contribution in [3.8, 4) is 0 Å². The lowest BCUT2D eigenvalue weighted by Gasteiger charge is -2.19. The number of nitrogens with two attached hydrogens (primary N) is 2. The molecule has 0 aromatic carbocycles. The number of hydrogen-bond donors (Lipinski definition) is 8. The molecule has 11 heteroatoms. The second kappa shape index (κ2) is 19.0. The number of carbonyl (C=O) groups excluding carboxylic acids is 2. The van der Waals surface area contributed by atoms with Gasteiger partial charge >= 0.3 is 0 Å². The average Bonchev–Trinajstić information content (AvgIpc) is 2.68. The van der Waals surface area contributed by atoms with Crippen LogP contribution >= 0.6 is 0 Å². The van der Waals surface area contributed by atoms with Crippen LogP contribution in [0, 0.1) is 5.41 Å². The van der Waals surface area contributed by atoms with Crippen molar-refractivity contribution in [2.75, 3.05) is 39.3 Å². The Morgan fingerprint density at radius 1 is 1.03 bits per heavy atom. The summed E-state index contributed by atoms with van der Waals surface area (Å²) in [5.41, 5.74) is 10.6. The Balaban J connectivity index is 4.04. The topological polar surface area (TPSA) is 188 Å². The van der Waals surface area contributed by atoms with Crippen molar-refractivity contribution in [1.82, 2.24) is 21.3 Å². The summed E-state index contributed by atoms with van der Waals surface area (Å²) >= 11 is 0. The van der Waals surface area contributed by atoms with Crippen molar-refractivity contribution in [3.63, 3.8) is 0 Å². The van der Waals surface area contributed by atoms with Gasteiger partial charge < -0.3 is 42.6 Å². The molecule has 2 amide bonds. The molecule has 10 N–H and O–H groups in total. The van der Waals surface area contributed by atoms with Crippen LogP contribution in [0.5, 0.6) is 0 Å². The molecule has 0 saturated heterocycles. The normalized spacial score (nSPS) is 12.8. The molecule has 2 atom stereocenters. The summed E-state index contributed by atoms with van der Waals surface area (Å²) in [6.45, 7) is 5.48. The highest BCUT2D eigenvalue weighted by atomic mass is 16.5. The molecular formula is C19H41N7O4. The molecule has 0 aliphatic carbocycles. The standard InChI is InChI=1S/C19H41N7O4/c1-2-30-18(17(29)24-12-6-5-10-23-11-7-9-20)26-16(28)14-15(27)8-3-4-13-25-19(21)22/h15,18,23,27H,2-14,20H2,1H3,(H,24,29)(H,26,28)(H4,21,22,25). The Morgan fingerprint density at radius 3 is 2.33 bits per heavy atom. The summed E-state index contributed by atoms with van der Waals surface area (Å²) in [4.78, 5) is 24.4. The highest BCUT2D eigenvalue weighted by Crippen LogP contribution is 2.04. The van der Waals surface area contributed by atoms with Crippen molar-refractivity contribution in [2.45, 2.75) is 64.2 Å². The van der Waals surface area contributed by atoms with E-state index in [4.69, 9.17) is 21.6 Å². The highest BCUT2D eigenvalue weighted by molar-refractivity contribution is 5.86. The first-order valence-electron chi connectivity index (χ1n) is 10.8. The van der Waals surface area contributed by atoms with E-state index in [9.17, 15) is 14.7 Å². The summed E-state index contributed by atoms with van der Waals surface area (Å²) < 4.78 is 5.32. The minimum atomic E-state index is -1.07. The minimum Gasteiger partial charge on any atom is -0.393 e. The summed E-state index contributed by atoms with van der Waals surface area (Å²) in [5, 5.41) is 28.3. The molecule has 0 aliphatic rings. The van der Waals surface area contributed by atoms with E-state index in [0.29, 0.717) is 32.5 Å². The fourth-order valence-electron chi connectivity index (χ4n) is 2.63. The van der Waals surface area contributed by atoms with E-state index in [1.54, 1.807) is 6.92 Å². The van der Waals surface area contributed by atoms with Gasteiger partial charge in [-0.1, -0.05) is 0 Å². The highest BCUT2D eigenvalue weighted by Gasteiger charge is 2.21. The summed E-state index contributed by atoms with van der Waals surface area (Å²) in [6.07, 6.45) is 2.55. The van der Waals surface area contributed by atoms with Gasteiger partial charge in [-0.3, -0.25) is 15.0 Å². The third-order valence-corrected chi connectivity index (χ3v) is 4.20. The Morgan fingerprint density at radius 2 is 1.67 bits per heavy atom. The summed E-state index contributed by atoms with van der Waals surface area (Å²) in [7, 11) is 0. The monoisotopic (exact) mass is 431 g/mol. The molecule has 0 heterocycles. The molecule has 176 valence electrons. The summed E-state index contributed by atoms with van der Waals surface area (Å²) in [6, 6.07) is 0. The van der Waals surface area contributed by atoms with Crippen molar-refractivity contribution in [2.24, 2.45) is 11.5 Å². The Kier molecular flexibility index (Phi) is 17.8. The van der Waals surface area contributed by atoms with Crippen molar-refractivity contribution < 1.29 is 19.4 Å². The van der Waals surface area contributed by atoms with Crippen LogP contribution in [0.3, 0.4) is 0 Å². The molecule has 0 aromatic rings. The maximum absolute atomic E-state index is 12.3. The lowest BCUT2D eigenvalue weighted by Crippen LogP contribution is -2.49. The van der Waals surface area contributed by atoms with Gasteiger partial charge in [0.15, 0.2) is 5.96 Å². The zero-order valence-corrected chi connectivity index (χ0v) is 18.2. The molecule has 0 aromatic heterocycles. The number of unbranched alkanes of at least 4 members (excludes halogenated alkanes) is 2. The second-order valence-electron chi connectivity index (χ2n) is 6.99. The van der Waals surface area contributed by atoms with E-state index in [1.807, 2.05) is 0 Å². The first kappa shape index (κ1) is 28.1. The molecule has 2 unspecified atom stereocenters. The maximum atomic E-state index is 12.3. The number of hydrogen-bond acceptors (Lipinski definition) is 7. The van der Waals surface area contributed by atoms with E-state index in [2.05, 4.69) is 21.3 Å². The smallest absolute Gasteiger partial charge is 0.270 e. The van der Waals surface area contributed by atoms with Crippen LogP contribution in [0.2, 0.25) is 0 Å². The molecular weight excluding hydrogens is 390 g/mol. The van der Waals surface area contributed by atoms with Gasteiger partial charge in [0, 0.05) is 19.7 Å². The number of rotatable bonds is 19.